The molecular formula is C22H26FNO3S. The van der Waals surface area contributed by atoms with E-state index in [1.807, 2.05) is 4.90 Å². The smallest absolute Gasteiger partial charge is 0.254 e. The van der Waals surface area contributed by atoms with E-state index in [2.05, 4.69) is 0 Å². The van der Waals surface area contributed by atoms with Crippen LogP contribution in [0.1, 0.15) is 47.2 Å². The van der Waals surface area contributed by atoms with Crippen LogP contribution in [-0.4, -0.2) is 38.1 Å². The molecule has 1 aliphatic carbocycles. The number of halogens is 1. The lowest BCUT2D eigenvalue weighted by molar-refractivity contribution is 0.0684. The summed E-state index contributed by atoms with van der Waals surface area (Å²) in [6.07, 6.45) is 6.12. The standard InChI is InChI=1S/C22H26FNO3S/c1-28(26,27)16-18-6-10-19(11-7-18)22(25)24(21-4-2-3-5-21)15-14-17-8-12-20(23)13-9-17/h6-13,21H,2-5,14-16H2,1H3. The molecule has 0 radical (unpaired) electrons. The van der Waals surface area contributed by atoms with Gasteiger partial charge in [-0.1, -0.05) is 37.1 Å². The molecule has 0 aliphatic heterocycles. The molecule has 1 saturated carbocycles. The van der Waals surface area contributed by atoms with Crippen LogP contribution in [0, 0.1) is 5.82 Å². The first-order valence-corrected chi connectivity index (χ1v) is 11.7. The van der Waals surface area contributed by atoms with E-state index in [4.69, 9.17) is 0 Å². The van der Waals surface area contributed by atoms with Gasteiger partial charge in [0.1, 0.15) is 5.82 Å². The van der Waals surface area contributed by atoms with Crippen LogP contribution in [0.25, 0.3) is 0 Å². The number of benzene rings is 2. The van der Waals surface area contributed by atoms with Crippen molar-refractivity contribution in [1.82, 2.24) is 4.90 Å². The lowest BCUT2D eigenvalue weighted by atomic mass is 10.1. The van der Waals surface area contributed by atoms with Gasteiger partial charge in [0, 0.05) is 24.4 Å². The molecular weight excluding hydrogens is 377 g/mol. The first-order chi connectivity index (χ1) is 13.3. The second kappa shape index (κ2) is 8.86. The fourth-order valence-electron chi connectivity index (χ4n) is 3.78. The highest BCUT2D eigenvalue weighted by Gasteiger charge is 2.27. The minimum atomic E-state index is -3.10. The van der Waals surface area contributed by atoms with Crippen LogP contribution in [0.4, 0.5) is 4.39 Å². The molecule has 150 valence electrons. The zero-order valence-electron chi connectivity index (χ0n) is 16.1. The number of amides is 1. The Morgan fingerprint density at radius 2 is 1.57 bits per heavy atom. The average Bonchev–Trinajstić information content (AvgIpc) is 3.17. The number of sulfone groups is 1. The molecule has 4 nitrogen and oxygen atoms in total. The van der Waals surface area contributed by atoms with Crippen molar-refractivity contribution in [3.63, 3.8) is 0 Å². The van der Waals surface area contributed by atoms with Gasteiger partial charge < -0.3 is 4.90 Å². The van der Waals surface area contributed by atoms with Gasteiger partial charge in [-0.15, -0.1) is 0 Å². The third kappa shape index (κ3) is 5.64. The summed E-state index contributed by atoms with van der Waals surface area (Å²) < 4.78 is 36.0. The minimum absolute atomic E-state index is 0.0279. The van der Waals surface area contributed by atoms with Gasteiger partial charge in [0.25, 0.3) is 5.91 Å². The molecule has 28 heavy (non-hydrogen) atoms. The highest BCUT2D eigenvalue weighted by molar-refractivity contribution is 7.89. The number of carbonyl (C=O) groups excluding carboxylic acids is 1. The SMILES string of the molecule is CS(=O)(=O)Cc1ccc(C(=O)N(CCc2ccc(F)cc2)C2CCCC2)cc1. The topological polar surface area (TPSA) is 54.5 Å². The third-order valence-corrected chi connectivity index (χ3v) is 6.07. The van der Waals surface area contributed by atoms with Crippen LogP contribution in [0.3, 0.4) is 0 Å². The normalized spacial score (nSPS) is 14.9. The minimum Gasteiger partial charge on any atom is -0.335 e. The van der Waals surface area contributed by atoms with E-state index in [1.54, 1.807) is 36.4 Å². The monoisotopic (exact) mass is 403 g/mol. The van der Waals surface area contributed by atoms with Crippen molar-refractivity contribution in [2.75, 3.05) is 12.8 Å². The average molecular weight is 404 g/mol. The molecule has 0 aromatic heterocycles. The maximum absolute atomic E-state index is 13.2. The largest absolute Gasteiger partial charge is 0.335 e. The van der Waals surface area contributed by atoms with Gasteiger partial charge in [0.05, 0.1) is 5.75 Å². The molecule has 0 unspecified atom stereocenters. The number of nitrogens with zero attached hydrogens (tertiary/aromatic N) is 1. The Labute approximate surface area is 166 Å². The van der Waals surface area contributed by atoms with Gasteiger partial charge in [0.2, 0.25) is 0 Å². The Morgan fingerprint density at radius 1 is 1.00 bits per heavy atom. The second-order valence-corrected chi connectivity index (χ2v) is 9.72. The third-order valence-electron chi connectivity index (χ3n) is 5.21. The van der Waals surface area contributed by atoms with E-state index in [9.17, 15) is 17.6 Å². The van der Waals surface area contributed by atoms with Crippen molar-refractivity contribution < 1.29 is 17.6 Å². The van der Waals surface area contributed by atoms with E-state index < -0.39 is 9.84 Å². The van der Waals surface area contributed by atoms with E-state index in [1.165, 1.54) is 18.4 Å². The van der Waals surface area contributed by atoms with Gasteiger partial charge in [-0.25, -0.2) is 12.8 Å². The van der Waals surface area contributed by atoms with Gasteiger partial charge in [0.15, 0.2) is 9.84 Å². The molecule has 0 atom stereocenters. The highest BCUT2D eigenvalue weighted by atomic mass is 32.2. The van der Waals surface area contributed by atoms with E-state index in [-0.39, 0.29) is 23.5 Å². The van der Waals surface area contributed by atoms with Crippen molar-refractivity contribution in [1.29, 1.82) is 0 Å². The number of hydrogen-bond acceptors (Lipinski definition) is 3. The Bertz CT molecular complexity index is 902. The summed E-state index contributed by atoms with van der Waals surface area (Å²) in [5.41, 5.74) is 2.25. The van der Waals surface area contributed by atoms with Crippen molar-refractivity contribution in [2.45, 2.75) is 43.9 Å². The molecule has 6 heteroatoms. The molecule has 0 heterocycles. The van der Waals surface area contributed by atoms with Crippen molar-refractivity contribution in [3.8, 4) is 0 Å². The molecule has 2 aromatic rings. The molecule has 0 N–H and O–H groups in total. The van der Waals surface area contributed by atoms with E-state index in [0.29, 0.717) is 24.1 Å². The van der Waals surface area contributed by atoms with Gasteiger partial charge in [-0.3, -0.25) is 4.79 Å². The first kappa shape index (κ1) is 20.5. The van der Waals surface area contributed by atoms with Crippen LogP contribution in [-0.2, 0) is 22.0 Å². The van der Waals surface area contributed by atoms with Crippen LogP contribution in [0.15, 0.2) is 48.5 Å². The predicted molar refractivity (Wildman–Crippen MR) is 108 cm³/mol. The van der Waals surface area contributed by atoms with Crippen LogP contribution in [0.2, 0.25) is 0 Å². The Kier molecular flexibility index (Phi) is 6.50. The number of rotatable bonds is 7. The quantitative estimate of drug-likeness (QED) is 0.702. The zero-order chi connectivity index (χ0) is 20.1. The summed E-state index contributed by atoms with van der Waals surface area (Å²) in [5, 5.41) is 0. The molecule has 2 aromatic carbocycles. The lowest BCUT2D eigenvalue weighted by Gasteiger charge is -2.29. The van der Waals surface area contributed by atoms with Crippen molar-refractivity contribution in [3.05, 3.63) is 71.0 Å². The van der Waals surface area contributed by atoms with E-state index >= 15 is 0 Å². The molecule has 3 rings (SSSR count). The molecule has 1 fully saturated rings. The maximum atomic E-state index is 13.2. The second-order valence-electron chi connectivity index (χ2n) is 7.58. The zero-order valence-corrected chi connectivity index (χ0v) is 16.9. The Morgan fingerprint density at radius 3 is 2.14 bits per heavy atom. The Balaban J connectivity index is 1.73. The molecule has 0 saturated heterocycles. The molecule has 0 spiro atoms. The summed E-state index contributed by atoms with van der Waals surface area (Å²) in [5.74, 6) is -0.320. The molecule has 1 amide bonds. The summed E-state index contributed by atoms with van der Waals surface area (Å²) in [6, 6.07) is 13.5. The fourth-order valence-corrected chi connectivity index (χ4v) is 4.58. The van der Waals surface area contributed by atoms with Crippen molar-refractivity contribution >= 4 is 15.7 Å². The lowest BCUT2D eigenvalue weighted by Crippen LogP contribution is -2.40. The fraction of sp³-hybridized carbons (Fsp3) is 0.409. The summed E-state index contributed by atoms with van der Waals surface area (Å²) in [4.78, 5) is 15.1. The van der Waals surface area contributed by atoms with Crippen LogP contribution < -0.4 is 0 Å². The number of hydrogen-bond donors (Lipinski definition) is 0. The Hall–Kier alpha value is -2.21. The molecule has 0 bridgehead atoms. The van der Waals surface area contributed by atoms with Gasteiger partial charge in [-0.2, -0.15) is 0 Å². The van der Waals surface area contributed by atoms with Crippen LogP contribution in [0.5, 0.6) is 0 Å². The first-order valence-electron chi connectivity index (χ1n) is 9.64. The summed E-state index contributed by atoms with van der Waals surface area (Å²) >= 11 is 0. The molecule has 1 aliphatic rings. The summed E-state index contributed by atoms with van der Waals surface area (Å²) in [7, 11) is -3.10. The van der Waals surface area contributed by atoms with Gasteiger partial charge in [-0.05, 0) is 54.7 Å². The number of carbonyl (C=O) groups is 1. The van der Waals surface area contributed by atoms with Crippen LogP contribution >= 0.6 is 0 Å². The van der Waals surface area contributed by atoms with Gasteiger partial charge >= 0.3 is 0 Å². The predicted octanol–water partition coefficient (Wildman–Crippen LogP) is 4.00. The van der Waals surface area contributed by atoms with E-state index in [0.717, 1.165) is 31.2 Å². The maximum Gasteiger partial charge on any atom is 0.254 e. The summed E-state index contributed by atoms with van der Waals surface area (Å²) in [6.45, 7) is 0.584. The highest BCUT2D eigenvalue weighted by Crippen LogP contribution is 2.25. The van der Waals surface area contributed by atoms with Crippen molar-refractivity contribution in [2.24, 2.45) is 0 Å².